The topological polar surface area (TPSA) is 122 Å². The zero-order valence-electron chi connectivity index (χ0n) is 21.4. The zero-order valence-corrected chi connectivity index (χ0v) is 23.0. The lowest BCUT2D eigenvalue weighted by molar-refractivity contribution is -0.129. The highest BCUT2D eigenvalue weighted by molar-refractivity contribution is 7.90. The minimum atomic E-state index is -3.65. The maximum Gasteiger partial charge on any atom is 0.238 e. The summed E-state index contributed by atoms with van der Waals surface area (Å²) < 4.78 is 42.8. The molecule has 1 amide bonds. The van der Waals surface area contributed by atoms with Crippen LogP contribution in [0.4, 0.5) is 10.2 Å². The van der Waals surface area contributed by atoms with Crippen LogP contribution in [0.5, 0.6) is 0 Å². The van der Waals surface area contributed by atoms with Gasteiger partial charge in [0.1, 0.15) is 11.6 Å². The van der Waals surface area contributed by atoms with Gasteiger partial charge in [-0.2, -0.15) is 0 Å². The molecule has 1 aliphatic heterocycles. The van der Waals surface area contributed by atoms with E-state index in [2.05, 4.69) is 10.3 Å². The molecule has 11 heteroatoms. The van der Waals surface area contributed by atoms with Gasteiger partial charge in [0, 0.05) is 41.2 Å². The van der Waals surface area contributed by atoms with Gasteiger partial charge in [0.05, 0.1) is 22.4 Å². The fourth-order valence-corrected chi connectivity index (χ4v) is 9.41. The van der Waals surface area contributed by atoms with Gasteiger partial charge in [-0.1, -0.05) is 24.6 Å². The number of ketones is 1. The number of nitrogens with one attached hydrogen (secondary N) is 1. The summed E-state index contributed by atoms with van der Waals surface area (Å²) in [6.07, 6.45) is 5.23. The third-order valence-corrected chi connectivity index (χ3v) is 10.8. The number of nitrogens with zero attached hydrogens (tertiary/aromatic N) is 2. The van der Waals surface area contributed by atoms with Crippen molar-refractivity contribution in [1.82, 2.24) is 14.6 Å². The summed E-state index contributed by atoms with van der Waals surface area (Å²) in [5.74, 6) is -0.986. The number of hydrogen-bond donors (Lipinski definition) is 2. The Bertz CT molecular complexity index is 1390. The third-order valence-electron chi connectivity index (χ3n) is 8.45. The van der Waals surface area contributed by atoms with E-state index < -0.39 is 39.6 Å². The fraction of sp³-hybridized carbons (Fsp3) is 0.519. The second-order valence-electron chi connectivity index (χ2n) is 11.0. The Morgan fingerprint density at radius 1 is 1.32 bits per heavy atom. The maximum absolute atomic E-state index is 15.7. The van der Waals surface area contributed by atoms with Crippen LogP contribution in [0.2, 0.25) is 5.02 Å². The number of sulfonamides is 1. The standard InChI is InChI=1S/C27H32ClFN4O4S/c1-3-20(18-5-6-19(28)24(25(18)29)26(35)17-4-7-22(30)31-13-17)32-15(2)10-23(34)33-21-11-16-8-9-27(21,12-16)14-38(33,36)37/h4-7,13,15-16,20-21,32H,3,8-12,14H2,1-2H3,(H2,30,31)/t15?,16?,20-,21?,27?/m1/s1. The molecule has 2 saturated carbocycles. The van der Waals surface area contributed by atoms with Gasteiger partial charge in [-0.15, -0.1) is 0 Å². The second kappa shape index (κ2) is 9.88. The molecule has 1 spiro atoms. The lowest BCUT2D eigenvalue weighted by Crippen LogP contribution is -2.44. The highest BCUT2D eigenvalue weighted by Gasteiger charge is 2.64. The Labute approximate surface area is 227 Å². The number of carbonyl (C=O) groups excluding carboxylic acids is 2. The molecule has 2 aliphatic carbocycles. The smallest absolute Gasteiger partial charge is 0.238 e. The first kappa shape index (κ1) is 27.0. The van der Waals surface area contributed by atoms with Gasteiger partial charge in [-0.25, -0.2) is 22.1 Å². The van der Waals surface area contributed by atoms with Gasteiger partial charge in [0.25, 0.3) is 0 Å². The quantitative estimate of drug-likeness (QED) is 0.461. The van der Waals surface area contributed by atoms with Gasteiger partial charge in [-0.05, 0) is 63.1 Å². The average molecular weight is 563 g/mol. The fourth-order valence-electron chi connectivity index (χ4n) is 6.78. The minimum Gasteiger partial charge on any atom is -0.384 e. The number of aromatic nitrogens is 1. The van der Waals surface area contributed by atoms with Gasteiger partial charge in [0.2, 0.25) is 15.9 Å². The van der Waals surface area contributed by atoms with E-state index in [1.165, 1.54) is 30.5 Å². The van der Waals surface area contributed by atoms with E-state index in [0.717, 1.165) is 30.0 Å². The molecule has 5 atom stereocenters. The molecule has 1 saturated heterocycles. The summed E-state index contributed by atoms with van der Waals surface area (Å²) in [5, 5.41) is 3.24. The predicted octanol–water partition coefficient (Wildman–Crippen LogP) is 4.24. The average Bonchev–Trinajstić information content (AvgIpc) is 3.47. The number of anilines is 1. The molecule has 204 valence electrons. The van der Waals surface area contributed by atoms with Crippen molar-refractivity contribution in [1.29, 1.82) is 0 Å². The number of fused-ring (bicyclic) bond motifs is 1. The van der Waals surface area contributed by atoms with Crippen LogP contribution in [-0.2, 0) is 14.8 Å². The Morgan fingerprint density at radius 3 is 2.74 bits per heavy atom. The number of hydrogen-bond acceptors (Lipinski definition) is 7. The molecule has 3 N–H and O–H groups in total. The Kier molecular flexibility index (Phi) is 7.02. The molecule has 3 aliphatic rings. The third kappa shape index (κ3) is 4.60. The summed E-state index contributed by atoms with van der Waals surface area (Å²) in [7, 11) is -3.65. The number of amides is 1. The van der Waals surface area contributed by atoms with Crippen LogP contribution in [0.3, 0.4) is 0 Å². The van der Waals surface area contributed by atoms with Gasteiger partial charge >= 0.3 is 0 Å². The molecule has 5 rings (SSSR count). The first-order valence-corrected chi connectivity index (χ1v) is 15.0. The SMILES string of the molecule is CC[C@@H](NC(C)CC(=O)N1C2CC3CCC2(C3)CS1(=O)=O)c1ccc(Cl)c(C(=O)c2ccc(N)nc2)c1F. The van der Waals surface area contributed by atoms with Crippen molar-refractivity contribution in [2.24, 2.45) is 11.3 Å². The Balaban J connectivity index is 1.33. The summed E-state index contributed by atoms with van der Waals surface area (Å²) in [5.41, 5.74) is 5.45. The summed E-state index contributed by atoms with van der Waals surface area (Å²) in [6.45, 7) is 3.63. The number of rotatable bonds is 8. The predicted molar refractivity (Wildman–Crippen MR) is 143 cm³/mol. The number of pyridine rings is 1. The van der Waals surface area contributed by atoms with Gasteiger partial charge < -0.3 is 11.1 Å². The Hall–Kier alpha value is -2.56. The van der Waals surface area contributed by atoms with Crippen LogP contribution in [0.25, 0.3) is 0 Å². The lowest BCUT2D eigenvalue weighted by Gasteiger charge is -2.31. The van der Waals surface area contributed by atoms with Crippen LogP contribution in [0.1, 0.15) is 79.9 Å². The first-order chi connectivity index (χ1) is 18.0. The molecule has 1 aromatic heterocycles. The second-order valence-corrected chi connectivity index (χ2v) is 13.3. The van der Waals surface area contributed by atoms with Crippen LogP contribution >= 0.6 is 11.6 Å². The molecule has 2 bridgehead atoms. The van der Waals surface area contributed by atoms with Crippen molar-refractivity contribution in [3.63, 3.8) is 0 Å². The minimum absolute atomic E-state index is 0.0230. The molecule has 3 fully saturated rings. The Morgan fingerprint density at radius 2 is 2.08 bits per heavy atom. The van der Waals surface area contributed by atoms with E-state index in [1.54, 1.807) is 6.92 Å². The van der Waals surface area contributed by atoms with Gasteiger partial charge in [-0.3, -0.25) is 9.59 Å². The molecule has 1 aromatic carbocycles. The molecule has 4 unspecified atom stereocenters. The number of benzene rings is 1. The summed E-state index contributed by atoms with van der Waals surface area (Å²) >= 11 is 6.24. The highest BCUT2D eigenvalue weighted by Crippen LogP contribution is 2.60. The molecular formula is C27H32ClFN4O4S. The van der Waals surface area contributed by atoms with Crippen molar-refractivity contribution in [2.75, 3.05) is 11.5 Å². The van der Waals surface area contributed by atoms with E-state index in [4.69, 9.17) is 17.3 Å². The largest absolute Gasteiger partial charge is 0.384 e. The monoisotopic (exact) mass is 562 g/mol. The van der Waals surface area contributed by atoms with E-state index in [0.29, 0.717) is 12.3 Å². The lowest BCUT2D eigenvalue weighted by atomic mass is 9.81. The van der Waals surface area contributed by atoms with Gasteiger partial charge in [0.15, 0.2) is 5.78 Å². The van der Waals surface area contributed by atoms with Crippen molar-refractivity contribution in [2.45, 2.75) is 70.5 Å². The molecule has 8 nitrogen and oxygen atoms in total. The summed E-state index contributed by atoms with van der Waals surface area (Å²) in [6, 6.07) is 4.71. The number of halogens is 2. The van der Waals surface area contributed by atoms with Crippen molar-refractivity contribution < 1.29 is 22.4 Å². The van der Waals surface area contributed by atoms with Crippen molar-refractivity contribution in [3.05, 3.63) is 58.0 Å². The normalized spacial score (nSPS) is 26.8. The van der Waals surface area contributed by atoms with Crippen LogP contribution < -0.4 is 11.1 Å². The molecule has 2 aromatic rings. The van der Waals surface area contributed by atoms with Crippen molar-refractivity contribution >= 4 is 39.1 Å². The molecule has 38 heavy (non-hydrogen) atoms. The zero-order chi connectivity index (χ0) is 27.4. The first-order valence-electron chi connectivity index (χ1n) is 13.0. The molecular weight excluding hydrogens is 531 g/mol. The van der Waals surface area contributed by atoms with E-state index in [1.807, 2.05) is 6.92 Å². The number of carbonyl (C=O) groups is 2. The van der Waals surface area contributed by atoms with E-state index in [9.17, 15) is 18.0 Å². The van der Waals surface area contributed by atoms with Crippen LogP contribution in [0, 0.1) is 17.2 Å². The van der Waals surface area contributed by atoms with Crippen LogP contribution in [-0.4, -0.2) is 47.2 Å². The molecule has 2 heterocycles. The maximum atomic E-state index is 15.7. The summed E-state index contributed by atoms with van der Waals surface area (Å²) in [4.78, 5) is 30.2. The van der Waals surface area contributed by atoms with Crippen molar-refractivity contribution in [3.8, 4) is 0 Å². The van der Waals surface area contributed by atoms with E-state index >= 15 is 4.39 Å². The highest BCUT2D eigenvalue weighted by atomic mass is 35.5. The number of nitrogens with two attached hydrogens (primary N) is 1. The number of nitrogen functional groups attached to an aromatic ring is 1. The van der Waals surface area contributed by atoms with Crippen LogP contribution in [0.15, 0.2) is 30.5 Å². The molecule has 0 radical (unpaired) electrons. The van der Waals surface area contributed by atoms with E-state index in [-0.39, 0.29) is 51.2 Å².